The number of halogens is 3. The number of hydrogen-bond acceptors (Lipinski definition) is 4. The van der Waals surface area contributed by atoms with Gasteiger partial charge in [0.25, 0.3) is 6.01 Å². The molecule has 0 unspecified atom stereocenters. The maximum atomic E-state index is 12.3. The Morgan fingerprint density at radius 2 is 2.22 bits per heavy atom. The van der Waals surface area contributed by atoms with Crippen molar-refractivity contribution >= 4 is 6.01 Å². The van der Waals surface area contributed by atoms with Gasteiger partial charge < -0.3 is 14.6 Å². The maximum Gasteiger partial charge on any atom is 0.406 e. The quantitative estimate of drug-likeness (QED) is 0.855. The second kappa shape index (κ2) is 5.17. The molecule has 0 bridgehead atoms. The number of nitrogens with one attached hydrogen (secondary N) is 1. The molecule has 0 saturated heterocycles. The minimum atomic E-state index is -4.25. The Balaban J connectivity index is 1.93. The number of hydrogen-bond donors (Lipinski definition) is 1. The summed E-state index contributed by atoms with van der Waals surface area (Å²) in [4.78, 5) is 5.13. The van der Waals surface area contributed by atoms with Crippen molar-refractivity contribution in [2.45, 2.75) is 38.5 Å². The van der Waals surface area contributed by atoms with E-state index in [0.29, 0.717) is 18.3 Å². The van der Waals surface area contributed by atoms with Crippen molar-refractivity contribution in [1.29, 1.82) is 0 Å². The molecule has 0 atom stereocenters. The summed E-state index contributed by atoms with van der Waals surface area (Å²) in [6.45, 7) is 1.34. The lowest BCUT2D eigenvalue weighted by Crippen LogP contribution is -2.34. The summed E-state index contributed by atoms with van der Waals surface area (Å²) in [7, 11) is 0. The van der Waals surface area contributed by atoms with Gasteiger partial charge in [0.05, 0.1) is 5.69 Å². The molecule has 2 rings (SSSR count). The molecule has 0 amide bonds. The first-order chi connectivity index (χ1) is 8.48. The van der Waals surface area contributed by atoms with E-state index in [1.807, 2.05) is 0 Å². The number of anilines is 1. The predicted molar refractivity (Wildman–Crippen MR) is 60.3 cm³/mol. The van der Waals surface area contributed by atoms with E-state index >= 15 is 0 Å². The molecule has 102 valence electrons. The van der Waals surface area contributed by atoms with Gasteiger partial charge in [-0.1, -0.05) is 0 Å². The lowest BCUT2D eigenvalue weighted by Gasteiger charge is -2.19. The first-order valence-electron chi connectivity index (χ1n) is 5.97. The van der Waals surface area contributed by atoms with Gasteiger partial charge in [-0.05, 0) is 19.8 Å². The predicted octanol–water partition coefficient (Wildman–Crippen LogP) is 2.32. The lowest BCUT2D eigenvalue weighted by atomic mass is 10.4. The molecular weight excluding hydrogens is 247 g/mol. The third-order valence-electron chi connectivity index (χ3n) is 2.71. The van der Waals surface area contributed by atoms with Gasteiger partial charge in [0, 0.05) is 19.1 Å². The molecule has 1 aliphatic carbocycles. The molecule has 4 nitrogen and oxygen atoms in total. The zero-order valence-electron chi connectivity index (χ0n) is 10.1. The topological polar surface area (TPSA) is 41.3 Å². The highest BCUT2D eigenvalue weighted by Crippen LogP contribution is 2.22. The van der Waals surface area contributed by atoms with E-state index in [-0.39, 0.29) is 12.6 Å². The Labute approximate surface area is 103 Å². The Hall–Kier alpha value is -1.24. The summed E-state index contributed by atoms with van der Waals surface area (Å²) in [5.41, 5.74) is 0.637. The van der Waals surface area contributed by atoms with Crippen molar-refractivity contribution in [2.24, 2.45) is 0 Å². The minimum absolute atomic E-state index is 0.0300. The highest BCUT2D eigenvalue weighted by atomic mass is 19.4. The van der Waals surface area contributed by atoms with E-state index in [1.165, 1.54) is 6.26 Å². The van der Waals surface area contributed by atoms with Crippen LogP contribution in [0.25, 0.3) is 0 Å². The number of nitrogens with zero attached hydrogens (tertiary/aromatic N) is 2. The van der Waals surface area contributed by atoms with Crippen LogP contribution in [0, 0.1) is 0 Å². The highest BCUT2D eigenvalue weighted by Gasteiger charge is 2.32. The fourth-order valence-electron chi connectivity index (χ4n) is 1.59. The first kappa shape index (κ1) is 13.2. The Morgan fingerprint density at radius 1 is 1.50 bits per heavy atom. The van der Waals surface area contributed by atoms with Crippen LogP contribution in [-0.2, 0) is 6.54 Å². The zero-order chi connectivity index (χ0) is 13.2. The van der Waals surface area contributed by atoms with Crippen LogP contribution in [-0.4, -0.2) is 30.3 Å². The number of oxazole rings is 1. The molecule has 1 fully saturated rings. The minimum Gasteiger partial charge on any atom is -0.432 e. The van der Waals surface area contributed by atoms with Crippen LogP contribution < -0.4 is 10.2 Å². The average molecular weight is 263 g/mol. The fraction of sp³-hybridized carbons (Fsp3) is 0.727. The van der Waals surface area contributed by atoms with E-state index in [9.17, 15) is 13.2 Å². The molecule has 0 aliphatic heterocycles. The average Bonchev–Trinajstić information content (AvgIpc) is 3.00. The molecule has 7 heteroatoms. The zero-order valence-corrected chi connectivity index (χ0v) is 10.1. The lowest BCUT2D eigenvalue weighted by molar-refractivity contribution is -0.120. The SMILES string of the molecule is CCN(CC(F)(F)F)c1nc(CNC2CC2)co1. The monoisotopic (exact) mass is 263 g/mol. The summed E-state index contributed by atoms with van der Waals surface area (Å²) < 4.78 is 42.1. The van der Waals surface area contributed by atoms with Crippen molar-refractivity contribution in [3.63, 3.8) is 0 Å². The number of rotatable bonds is 6. The Kier molecular flexibility index (Phi) is 3.79. The van der Waals surface area contributed by atoms with Gasteiger partial charge in [0.2, 0.25) is 0 Å². The largest absolute Gasteiger partial charge is 0.432 e. The molecule has 0 spiro atoms. The Morgan fingerprint density at radius 3 is 2.78 bits per heavy atom. The van der Waals surface area contributed by atoms with Gasteiger partial charge in [-0.3, -0.25) is 0 Å². The number of aromatic nitrogens is 1. The van der Waals surface area contributed by atoms with E-state index in [1.54, 1.807) is 6.92 Å². The third-order valence-corrected chi connectivity index (χ3v) is 2.71. The highest BCUT2D eigenvalue weighted by molar-refractivity contribution is 5.27. The van der Waals surface area contributed by atoms with Crippen molar-refractivity contribution in [3.05, 3.63) is 12.0 Å². The summed E-state index contributed by atoms with van der Waals surface area (Å²) in [5, 5.41) is 3.23. The van der Waals surface area contributed by atoms with E-state index < -0.39 is 12.7 Å². The second-order valence-electron chi connectivity index (χ2n) is 4.41. The van der Waals surface area contributed by atoms with Crippen LogP contribution in [0.4, 0.5) is 19.2 Å². The van der Waals surface area contributed by atoms with Gasteiger partial charge in [-0.15, -0.1) is 0 Å². The molecule has 0 aromatic carbocycles. The summed E-state index contributed by atoms with van der Waals surface area (Å²) in [6.07, 6.45) is -0.541. The molecule has 1 heterocycles. The molecule has 1 N–H and O–H groups in total. The van der Waals surface area contributed by atoms with Gasteiger partial charge in [-0.25, -0.2) is 0 Å². The van der Waals surface area contributed by atoms with Crippen LogP contribution >= 0.6 is 0 Å². The smallest absolute Gasteiger partial charge is 0.406 e. The molecule has 1 aromatic rings. The Bertz CT molecular complexity index is 387. The van der Waals surface area contributed by atoms with Crippen LogP contribution in [0.1, 0.15) is 25.5 Å². The van der Waals surface area contributed by atoms with Crippen LogP contribution in [0.3, 0.4) is 0 Å². The van der Waals surface area contributed by atoms with Crippen molar-refractivity contribution in [3.8, 4) is 0 Å². The molecule has 1 aromatic heterocycles. The molecule has 0 radical (unpaired) electrons. The number of alkyl halides is 3. The molecular formula is C11H16F3N3O. The molecule has 1 aliphatic rings. The normalized spacial score (nSPS) is 16.0. The van der Waals surface area contributed by atoms with E-state index in [2.05, 4.69) is 10.3 Å². The molecule has 18 heavy (non-hydrogen) atoms. The van der Waals surface area contributed by atoms with Crippen LogP contribution in [0.2, 0.25) is 0 Å². The maximum absolute atomic E-state index is 12.3. The van der Waals surface area contributed by atoms with Gasteiger partial charge >= 0.3 is 6.18 Å². The van der Waals surface area contributed by atoms with E-state index in [0.717, 1.165) is 17.7 Å². The second-order valence-corrected chi connectivity index (χ2v) is 4.41. The van der Waals surface area contributed by atoms with Crippen molar-refractivity contribution in [1.82, 2.24) is 10.3 Å². The third kappa shape index (κ3) is 3.90. The van der Waals surface area contributed by atoms with Crippen LogP contribution in [0.15, 0.2) is 10.7 Å². The van der Waals surface area contributed by atoms with Crippen molar-refractivity contribution < 1.29 is 17.6 Å². The molecule has 1 saturated carbocycles. The summed E-state index contributed by atoms with van der Waals surface area (Å²) >= 11 is 0. The summed E-state index contributed by atoms with van der Waals surface area (Å²) in [6, 6.07) is 0.560. The van der Waals surface area contributed by atoms with E-state index in [4.69, 9.17) is 4.42 Å². The van der Waals surface area contributed by atoms with Gasteiger partial charge in [0.15, 0.2) is 0 Å². The fourth-order valence-corrected chi connectivity index (χ4v) is 1.59. The van der Waals surface area contributed by atoms with Gasteiger partial charge in [-0.2, -0.15) is 18.2 Å². The first-order valence-corrected chi connectivity index (χ1v) is 5.97. The van der Waals surface area contributed by atoms with Crippen LogP contribution in [0.5, 0.6) is 0 Å². The summed E-state index contributed by atoms with van der Waals surface area (Å²) in [5.74, 6) is 0. The standard InChI is InChI=1S/C11H16F3N3O/c1-2-17(7-11(12,13)14)10-16-9(6-18-10)5-15-8-3-4-8/h6,8,15H,2-5,7H2,1H3. The van der Waals surface area contributed by atoms with Gasteiger partial charge in [0.1, 0.15) is 12.8 Å². The van der Waals surface area contributed by atoms with Crippen molar-refractivity contribution in [2.75, 3.05) is 18.0 Å².